The molecular weight excluding hydrogens is 442 g/mol. The molecule has 2 fully saturated rings. The summed E-state index contributed by atoms with van der Waals surface area (Å²) in [6.45, 7) is 11.3. The molecule has 0 radical (unpaired) electrons. The lowest BCUT2D eigenvalue weighted by Crippen LogP contribution is -2.48. The zero-order valence-corrected chi connectivity index (χ0v) is 22.9. The number of nitrogens with zero attached hydrogens (tertiary/aromatic N) is 3. The van der Waals surface area contributed by atoms with E-state index in [4.69, 9.17) is 4.74 Å². The van der Waals surface area contributed by atoms with E-state index in [-0.39, 0.29) is 18.0 Å². The van der Waals surface area contributed by atoms with E-state index < -0.39 is 5.54 Å². The van der Waals surface area contributed by atoms with Crippen LogP contribution in [0.1, 0.15) is 89.9 Å². The molecule has 1 aromatic heterocycles. The van der Waals surface area contributed by atoms with Gasteiger partial charge in [-0.1, -0.05) is 33.1 Å². The summed E-state index contributed by atoms with van der Waals surface area (Å²) in [5.74, 6) is 2.92. The first-order valence-electron chi connectivity index (χ1n) is 13.4. The summed E-state index contributed by atoms with van der Waals surface area (Å²) in [6.07, 6.45) is 10.2. The number of hydrogen-bond donors (Lipinski definition) is 2. The molecule has 198 valence electrons. The number of carbonyl (C=O) groups is 2. The zero-order chi connectivity index (χ0) is 25.8. The van der Waals surface area contributed by atoms with Crippen molar-refractivity contribution in [2.75, 3.05) is 20.7 Å². The normalized spacial score (nSPS) is 23.0. The van der Waals surface area contributed by atoms with Crippen molar-refractivity contribution in [3.05, 3.63) is 11.8 Å². The number of nitrogens with one attached hydrogen (secondary N) is 2. The maximum atomic E-state index is 13.3. The molecule has 0 saturated heterocycles. The molecule has 0 spiro atoms. The molecule has 2 aliphatic rings. The van der Waals surface area contributed by atoms with Crippen molar-refractivity contribution < 1.29 is 14.3 Å². The highest BCUT2D eigenvalue weighted by atomic mass is 16.5. The largest absolute Gasteiger partial charge is 0.477 e. The Morgan fingerprint density at radius 1 is 1.17 bits per heavy atom. The monoisotopic (exact) mass is 489 g/mol. The molecule has 0 aliphatic heterocycles. The van der Waals surface area contributed by atoms with Crippen LogP contribution in [0, 0.1) is 23.7 Å². The van der Waals surface area contributed by atoms with Gasteiger partial charge in [0.25, 0.3) is 5.91 Å². The summed E-state index contributed by atoms with van der Waals surface area (Å²) in [5, 5.41) is 10.8. The summed E-state index contributed by atoms with van der Waals surface area (Å²) in [7, 11) is 3.45. The fourth-order valence-corrected chi connectivity index (χ4v) is 5.53. The number of fused-ring (bicyclic) bond motifs is 2. The van der Waals surface area contributed by atoms with Crippen molar-refractivity contribution in [2.24, 2.45) is 23.7 Å². The maximum Gasteiger partial charge on any atom is 0.317 e. The molecule has 2 N–H and O–H groups in total. The first-order valence-corrected chi connectivity index (χ1v) is 13.4. The Hall–Kier alpha value is -2.25. The second-order valence-corrected chi connectivity index (χ2v) is 12.1. The molecular formula is C27H47N5O3. The molecule has 3 atom stereocenters. The fraction of sp³-hybridized carbons (Fsp3) is 0.815. The van der Waals surface area contributed by atoms with Crippen molar-refractivity contribution in [2.45, 2.75) is 97.7 Å². The molecule has 8 nitrogen and oxygen atoms in total. The summed E-state index contributed by atoms with van der Waals surface area (Å²) in [4.78, 5) is 27.0. The van der Waals surface area contributed by atoms with E-state index in [9.17, 15) is 9.59 Å². The first kappa shape index (κ1) is 27.3. The summed E-state index contributed by atoms with van der Waals surface area (Å²) in [6, 6.07) is 0.0000292. The lowest BCUT2D eigenvalue weighted by atomic mass is 9.66. The van der Waals surface area contributed by atoms with Crippen LogP contribution in [0.25, 0.3) is 0 Å². The van der Waals surface area contributed by atoms with Crippen LogP contribution in [0.5, 0.6) is 5.88 Å². The van der Waals surface area contributed by atoms with Crippen LogP contribution in [-0.2, 0) is 6.54 Å². The van der Waals surface area contributed by atoms with Gasteiger partial charge in [0.2, 0.25) is 5.88 Å². The lowest BCUT2D eigenvalue weighted by Gasteiger charge is -2.41. The number of urea groups is 1. The van der Waals surface area contributed by atoms with Gasteiger partial charge in [-0.25, -0.2) is 9.48 Å². The van der Waals surface area contributed by atoms with Crippen molar-refractivity contribution in [1.82, 2.24) is 25.3 Å². The van der Waals surface area contributed by atoms with Crippen LogP contribution in [0.3, 0.4) is 0 Å². The van der Waals surface area contributed by atoms with Gasteiger partial charge in [-0.05, 0) is 70.1 Å². The van der Waals surface area contributed by atoms with Crippen LogP contribution >= 0.6 is 0 Å². The molecule has 3 amide bonds. The molecule has 1 heterocycles. The van der Waals surface area contributed by atoms with E-state index in [1.54, 1.807) is 25.0 Å². The molecule has 35 heavy (non-hydrogen) atoms. The molecule has 2 saturated carbocycles. The van der Waals surface area contributed by atoms with Gasteiger partial charge in [-0.2, -0.15) is 5.10 Å². The quantitative estimate of drug-likeness (QED) is 0.499. The standard InChI is InChI=1S/C27H47N5O3/c1-18(2)17-35-25-23(16-28-32(25)12-11-27(4,5)30-26(34)31(6)7)24(33)29-19(3)22-14-20-9-8-10-21(13-20)15-22/h16,18-22H,8-15,17H2,1-7H3,(H,29,33)(H,30,34). The van der Waals surface area contributed by atoms with Crippen LogP contribution in [0.15, 0.2) is 6.20 Å². The third kappa shape index (κ3) is 7.61. The van der Waals surface area contributed by atoms with E-state index in [0.717, 1.165) is 11.8 Å². The van der Waals surface area contributed by atoms with E-state index in [2.05, 4.69) is 36.5 Å². The number of ether oxygens (including phenoxy) is 1. The Kier molecular flexibility index (Phi) is 9.11. The minimum atomic E-state index is -0.432. The Balaban J connectivity index is 1.67. The van der Waals surface area contributed by atoms with Gasteiger partial charge in [0.05, 0.1) is 12.8 Å². The summed E-state index contributed by atoms with van der Waals surface area (Å²) in [5.41, 5.74) is 0.0575. The van der Waals surface area contributed by atoms with Crippen molar-refractivity contribution in [3.8, 4) is 5.88 Å². The number of aromatic nitrogens is 2. The Morgan fingerprint density at radius 3 is 2.43 bits per heavy atom. The van der Waals surface area contributed by atoms with Crippen LogP contribution in [-0.4, -0.2) is 58.9 Å². The van der Waals surface area contributed by atoms with Crippen LogP contribution in [0.2, 0.25) is 0 Å². The molecule has 3 unspecified atom stereocenters. The average molecular weight is 490 g/mol. The highest BCUT2D eigenvalue weighted by molar-refractivity contribution is 5.96. The minimum Gasteiger partial charge on any atom is -0.477 e. The number of hydrogen-bond acceptors (Lipinski definition) is 4. The number of amides is 3. The van der Waals surface area contributed by atoms with Crippen LogP contribution < -0.4 is 15.4 Å². The number of rotatable bonds is 10. The minimum absolute atomic E-state index is 0.113. The molecule has 2 aliphatic carbocycles. The van der Waals surface area contributed by atoms with E-state index in [1.807, 2.05) is 13.8 Å². The highest BCUT2D eigenvalue weighted by Crippen LogP contribution is 2.43. The van der Waals surface area contributed by atoms with Crippen LogP contribution in [0.4, 0.5) is 4.79 Å². The van der Waals surface area contributed by atoms with Gasteiger partial charge in [0.1, 0.15) is 5.56 Å². The lowest BCUT2D eigenvalue weighted by molar-refractivity contribution is 0.0849. The third-order valence-electron chi connectivity index (χ3n) is 7.62. The Bertz CT molecular complexity index is 851. The molecule has 3 rings (SSSR count). The SMILES string of the molecule is CC(C)COc1c(C(=O)NC(C)C2CC3CCCC(C3)C2)cnn1CCC(C)(C)NC(=O)N(C)C. The zero-order valence-electron chi connectivity index (χ0n) is 22.9. The average Bonchev–Trinajstić information content (AvgIpc) is 3.18. The van der Waals surface area contributed by atoms with Gasteiger partial charge in [-0.15, -0.1) is 0 Å². The fourth-order valence-electron chi connectivity index (χ4n) is 5.53. The second-order valence-electron chi connectivity index (χ2n) is 12.1. The summed E-state index contributed by atoms with van der Waals surface area (Å²) >= 11 is 0. The van der Waals surface area contributed by atoms with Crippen molar-refractivity contribution in [3.63, 3.8) is 0 Å². The predicted octanol–water partition coefficient (Wildman–Crippen LogP) is 4.69. The topological polar surface area (TPSA) is 88.5 Å². The molecule has 0 aromatic carbocycles. The van der Waals surface area contributed by atoms with Crippen molar-refractivity contribution >= 4 is 11.9 Å². The highest BCUT2D eigenvalue weighted by Gasteiger charge is 2.35. The maximum absolute atomic E-state index is 13.3. The van der Waals surface area contributed by atoms with E-state index >= 15 is 0 Å². The number of carbonyl (C=O) groups excluding carboxylic acids is 2. The van der Waals surface area contributed by atoms with Gasteiger partial charge >= 0.3 is 6.03 Å². The van der Waals surface area contributed by atoms with Gasteiger partial charge in [0.15, 0.2) is 0 Å². The molecule has 8 heteroatoms. The van der Waals surface area contributed by atoms with Gasteiger partial charge in [0, 0.05) is 32.2 Å². The number of aryl methyl sites for hydroxylation is 1. The Morgan fingerprint density at radius 2 is 1.83 bits per heavy atom. The summed E-state index contributed by atoms with van der Waals surface area (Å²) < 4.78 is 7.87. The predicted molar refractivity (Wildman–Crippen MR) is 139 cm³/mol. The third-order valence-corrected chi connectivity index (χ3v) is 7.62. The van der Waals surface area contributed by atoms with Crippen molar-refractivity contribution in [1.29, 1.82) is 0 Å². The smallest absolute Gasteiger partial charge is 0.317 e. The molecule has 2 bridgehead atoms. The Labute approximate surface area is 211 Å². The van der Waals surface area contributed by atoms with E-state index in [1.165, 1.54) is 43.4 Å². The second kappa shape index (κ2) is 11.7. The molecule has 1 aromatic rings. The van der Waals surface area contributed by atoms with Gasteiger partial charge in [-0.3, -0.25) is 4.79 Å². The first-order chi connectivity index (χ1) is 16.4. The van der Waals surface area contributed by atoms with Gasteiger partial charge < -0.3 is 20.3 Å². The van der Waals surface area contributed by atoms with E-state index in [0.29, 0.717) is 42.9 Å².